The molecule has 0 aromatic heterocycles. The van der Waals surface area contributed by atoms with Crippen LogP contribution < -0.4 is 0 Å². The molecule has 25 heavy (non-hydrogen) atoms. The Bertz CT molecular complexity index is 776. The van der Waals surface area contributed by atoms with Crippen molar-refractivity contribution in [2.45, 2.75) is 33.6 Å². The maximum atomic E-state index is 14.4. The first-order chi connectivity index (χ1) is 11.6. The van der Waals surface area contributed by atoms with Crippen molar-refractivity contribution in [2.24, 2.45) is 16.7 Å². The van der Waals surface area contributed by atoms with Gasteiger partial charge in [-0.25, -0.2) is 17.6 Å². The first-order valence-corrected chi connectivity index (χ1v) is 7.71. The summed E-state index contributed by atoms with van der Waals surface area (Å²) in [4.78, 5) is 11.9. The van der Waals surface area contributed by atoms with Crippen LogP contribution in [0.15, 0.2) is 12.2 Å². The molecule has 0 aliphatic heterocycles. The highest BCUT2D eigenvalue weighted by atomic mass is 19.2. The first-order valence-electron chi connectivity index (χ1n) is 7.71. The number of halogens is 4. The molecule has 134 valence electrons. The summed E-state index contributed by atoms with van der Waals surface area (Å²) in [5.74, 6) is -6.18. The summed E-state index contributed by atoms with van der Waals surface area (Å²) in [5.41, 5.74) is -4.15. The molecule has 1 aromatic carbocycles. The van der Waals surface area contributed by atoms with Crippen molar-refractivity contribution in [2.75, 3.05) is 0 Å². The van der Waals surface area contributed by atoms with Crippen LogP contribution in [0.5, 0.6) is 0 Å². The molecule has 1 aliphatic carbocycles. The van der Waals surface area contributed by atoms with E-state index in [1.807, 2.05) is 5.92 Å². The van der Waals surface area contributed by atoms with E-state index in [0.29, 0.717) is 0 Å². The third-order valence-electron chi connectivity index (χ3n) is 5.32. The van der Waals surface area contributed by atoms with Crippen molar-refractivity contribution >= 4 is 5.97 Å². The van der Waals surface area contributed by atoms with Gasteiger partial charge in [0.25, 0.3) is 0 Å². The van der Waals surface area contributed by atoms with Crippen LogP contribution in [0.3, 0.4) is 0 Å². The van der Waals surface area contributed by atoms with Gasteiger partial charge in [0.05, 0.1) is 5.41 Å². The molecule has 0 amide bonds. The Balaban J connectivity index is 2.61. The van der Waals surface area contributed by atoms with Crippen molar-refractivity contribution in [3.05, 3.63) is 46.5 Å². The van der Waals surface area contributed by atoms with Crippen molar-refractivity contribution in [3.63, 3.8) is 0 Å². The zero-order chi connectivity index (χ0) is 19.2. The number of hydrogen-bond donors (Lipinski definition) is 1. The van der Waals surface area contributed by atoms with E-state index in [-0.39, 0.29) is 0 Å². The number of allylic oxidation sites excluding steroid dienone is 2. The Kier molecular flexibility index (Phi) is 4.73. The summed E-state index contributed by atoms with van der Waals surface area (Å²) >= 11 is 0. The molecular weight excluding hydrogens is 336 g/mol. The van der Waals surface area contributed by atoms with Crippen molar-refractivity contribution in [3.8, 4) is 12.3 Å². The molecular formula is C19H18F4O2. The molecule has 0 heterocycles. The Labute approximate surface area is 143 Å². The van der Waals surface area contributed by atoms with Crippen LogP contribution in [0.4, 0.5) is 17.6 Å². The Morgan fingerprint density at radius 3 is 2.04 bits per heavy atom. The summed E-state index contributed by atoms with van der Waals surface area (Å²) in [5, 5.41) is 9.66. The van der Waals surface area contributed by atoms with E-state index >= 15 is 0 Å². The van der Waals surface area contributed by atoms with Crippen molar-refractivity contribution < 1.29 is 27.5 Å². The fourth-order valence-corrected chi connectivity index (χ4v) is 3.73. The monoisotopic (exact) mass is 354 g/mol. The largest absolute Gasteiger partial charge is 0.481 e. The number of carbonyl (C=O) groups is 1. The highest BCUT2D eigenvalue weighted by Gasteiger charge is 2.74. The van der Waals surface area contributed by atoms with Crippen LogP contribution in [0.2, 0.25) is 0 Å². The third kappa shape index (κ3) is 2.53. The number of carboxylic acid groups (broad SMARTS) is 1. The summed E-state index contributed by atoms with van der Waals surface area (Å²) in [6.07, 6.45) is 6.96. The number of aliphatic carboxylic acids is 1. The van der Waals surface area contributed by atoms with Crippen LogP contribution in [0, 0.1) is 52.4 Å². The Morgan fingerprint density at radius 1 is 1.16 bits per heavy atom. The van der Waals surface area contributed by atoms with Crippen LogP contribution in [0.1, 0.15) is 31.9 Å². The maximum absolute atomic E-state index is 14.4. The van der Waals surface area contributed by atoms with Crippen LogP contribution in [0.25, 0.3) is 0 Å². The normalized spacial score (nSPS) is 24.3. The number of benzene rings is 1. The fraction of sp³-hybridized carbons (Fsp3) is 0.421. The zero-order valence-corrected chi connectivity index (χ0v) is 14.1. The van der Waals surface area contributed by atoms with E-state index in [0.717, 1.165) is 0 Å². The summed E-state index contributed by atoms with van der Waals surface area (Å²) in [7, 11) is 0. The highest BCUT2D eigenvalue weighted by Crippen LogP contribution is 2.71. The van der Waals surface area contributed by atoms with E-state index in [9.17, 15) is 27.5 Å². The lowest BCUT2D eigenvalue weighted by molar-refractivity contribution is -0.145. The molecule has 0 radical (unpaired) electrons. The molecule has 2 atom stereocenters. The van der Waals surface area contributed by atoms with Crippen molar-refractivity contribution in [1.82, 2.24) is 0 Å². The SMILES string of the molecule is C#CCc1c(F)c(F)c(CC2(C(=O)O)C(C=CC)C2(C)C)c(F)c1F. The number of hydrogen-bond acceptors (Lipinski definition) is 1. The molecule has 6 heteroatoms. The smallest absolute Gasteiger partial charge is 0.311 e. The molecule has 1 N–H and O–H groups in total. The average molecular weight is 354 g/mol. The average Bonchev–Trinajstić information content (AvgIpc) is 3.02. The standard InChI is InChI=1S/C19H18F4O2/c1-5-7-10-13(20)15(22)11(16(23)14(10)21)9-19(17(24)25)12(8-6-2)18(19,3)4/h1,6,8,12H,7,9H2,2-4H3,(H,24,25). The van der Waals surface area contributed by atoms with Gasteiger partial charge in [0.1, 0.15) is 0 Å². The Hall–Kier alpha value is -2.29. The van der Waals surface area contributed by atoms with Gasteiger partial charge in [-0.1, -0.05) is 26.0 Å². The van der Waals surface area contributed by atoms with Gasteiger partial charge < -0.3 is 5.11 Å². The highest BCUT2D eigenvalue weighted by molar-refractivity contribution is 5.82. The van der Waals surface area contributed by atoms with Gasteiger partial charge in [-0.05, 0) is 24.7 Å². The number of terminal acetylenes is 1. The second kappa shape index (κ2) is 6.21. The molecule has 0 bridgehead atoms. The van der Waals surface area contributed by atoms with Crippen LogP contribution in [-0.4, -0.2) is 11.1 Å². The van der Waals surface area contributed by atoms with Gasteiger partial charge in [0, 0.05) is 17.5 Å². The maximum Gasteiger partial charge on any atom is 0.311 e. The number of carboxylic acids is 1. The van der Waals surface area contributed by atoms with Gasteiger partial charge in [0.15, 0.2) is 23.3 Å². The third-order valence-corrected chi connectivity index (χ3v) is 5.32. The fourth-order valence-electron chi connectivity index (χ4n) is 3.73. The van der Waals surface area contributed by atoms with Crippen LogP contribution in [-0.2, 0) is 17.6 Å². The van der Waals surface area contributed by atoms with E-state index in [2.05, 4.69) is 0 Å². The quantitative estimate of drug-likeness (QED) is 0.371. The molecule has 1 aliphatic rings. The van der Waals surface area contributed by atoms with Gasteiger partial charge in [0.2, 0.25) is 0 Å². The first kappa shape index (κ1) is 19.0. The summed E-state index contributed by atoms with van der Waals surface area (Å²) in [6.45, 7) is 4.97. The number of rotatable bonds is 5. The summed E-state index contributed by atoms with van der Waals surface area (Å²) < 4.78 is 56.9. The predicted octanol–water partition coefficient (Wildman–Crippen LogP) is 4.26. The van der Waals surface area contributed by atoms with E-state index in [1.54, 1.807) is 32.9 Å². The second-order valence-electron chi connectivity index (χ2n) is 6.77. The molecule has 1 aromatic rings. The van der Waals surface area contributed by atoms with Crippen molar-refractivity contribution in [1.29, 1.82) is 0 Å². The molecule has 1 saturated carbocycles. The molecule has 0 spiro atoms. The molecule has 2 unspecified atom stereocenters. The minimum atomic E-state index is -1.59. The topological polar surface area (TPSA) is 37.3 Å². The van der Waals surface area contributed by atoms with Gasteiger partial charge in [-0.3, -0.25) is 4.79 Å². The molecule has 1 fully saturated rings. The molecule has 0 saturated heterocycles. The lowest BCUT2D eigenvalue weighted by Gasteiger charge is -2.18. The predicted molar refractivity (Wildman–Crippen MR) is 84.7 cm³/mol. The van der Waals surface area contributed by atoms with E-state index < -0.39 is 70.0 Å². The molecule has 2 nitrogen and oxygen atoms in total. The minimum absolute atomic E-state index is 0.516. The van der Waals surface area contributed by atoms with Crippen LogP contribution >= 0.6 is 0 Å². The molecule has 2 rings (SSSR count). The minimum Gasteiger partial charge on any atom is -0.481 e. The second-order valence-corrected chi connectivity index (χ2v) is 6.77. The van der Waals surface area contributed by atoms with Gasteiger partial charge in [-0.2, -0.15) is 0 Å². The lowest BCUT2D eigenvalue weighted by atomic mass is 9.87. The summed E-state index contributed by atoms with van der Waals surface area (Å²) in [6, 6.07) is 0. The lowest BCUT2D eigenvalue weighted by Crippen LogP contribution is -2.26. The van der Waals surface area contributed by atoms with E-state index in [4.69, 9.17) is 6.42 Å². The van der Waals surface area contributed by atoms with Gasteiger partial charge >= 0.3 is 5.97 Å². The Morgan fingerprint density at radius 2 is 1.64 bits per heavy atom. The van der Waals surface area contributed by atoms with E-state index in [1.165, 1.54) is 0 Å². The van der Waals surface area contributed by atoms with Gasteiger partial charge in [-0.15, -0.1) is 12.3 Å². The zero-order valence-electron chi connectivity index (χ0n) is 14.1.